The van der Waals surface area contributed by atoms with Crippen LogP contribution in [0, 0.1) is 0 Å². The van der Waals surface area contributed by atoms with Gasteiger partial charge in [-0.25, -0.2) is 4.98 Å². The van der Waals surface area contributed by atoms with Gasteiger partial charge in [0.05, 0.1) is 23.3 Å². The summed E-state index contributed by atoms with van der Waals surface area (Å²) in [6, 6.07) is 15.7. The molecule has 126 valence electrons. The maximum absolute atomic E-state index is 12.9. The Bertz CT molecular complexity index is 1010. The summed E-state index contributed by atoms with van der Waals surface area (Å²) in [6.45, 7) is 0.0248. The summed E-state index contributed by atoms with van der Waals surface area (Å²) in [6.07, 6.45) is 3.19. The number of aromatic nitrogens is 2. The largest absolute Gasteiger partial charge is 0.337 e. The molecule has 0 radical (unpaired) electrons. The number of aryl methyl sites for hydroxylation is 1. The molecule has 1 heterocycles. The van der Waals surface area contributed by atoms with Gasteiger partial charge >= 0.3 is 0 Å². The first-order valence-corrected chi connectivity index (χ1v) is 8.43. The van der Waals surface area contributed by atoms with Crippen molar-refractivity contribution >= 4 is 16.9 Å². The average molecular weight is 333 g/mol. The first-order chi connectivity index (χ1) is 12.1. The fraction of sp³-hybridized carbons (Fsp3) is 0.250. The van der Waals surface area contributed by atoms with Gasteiger partial charge in [0, 0.05) is 7.05 Å². The maximum atomic E-state index is 12.9. The van der Waals surface area contributed by atoms with Crippen LogP contribution in [0.4, 0.5) is 0 Å². The number of hydrogen-bond donors (Lipinski definition) is 0. The Hall–Kier alpha value is -2.95. The third-order valence-corrected chi connectivity index (χ3v) is 5.01. The Labute approximate surface area is 145 Å². The van der Waals surface area contributed by atoms with Crippen molar-refractivity contribution in [3.05, 3.63) is 76.2 Å². The van der Waals surface area contributed by atoms with E-state index in [1.54, 1.807) is 4.90 Å². The first-order valence-electron chi connectivity index (χ1n) is 8.43. The zero-order valence-corrected chi connectivity index (χ0v) is 14.1. The van der Waals surface area contributed by atoms with Crippen LogP contribution in [0.15, 0.2) is 59.5 Å². The molecule has 25 heavy (non-hydrogen) atoms. The zero-order chi connectivity index (χ0) is 17.4. The van der Waals surface area contributed by atoms with Crippen molar-refractivity contribution < 1.29 is 4.79 Å². The quantitative estimate of drug-likeness (QED) is 0.740. The minimum Gasteiger partial charge on any atom is -0.337 e. The fourth-order valence-electron chi connectivity index (χ4n) is 3.64. The molecular formula is C20H19N3O2. The van der Waals surface area contributed by atoms with Crippen molar-refractivity contribution in [1.82, 2.24) is 14.5 Å². The van der Waals surface area contributed by atoms with E-state index in [2.05, 4.69) is 17.1 Å². The minimum atomic E-state index is -0.257. The number of fused-ring (bicyclic) bond motifs is 2. The number of hydrogen-bond acceptors (Lipinski definition) is 3. The second-order valence-corrected chi connectivity index (χ2v) is 6.43. The molecule has 1 aliphatic carbocycles. The van der Waals surface area contributed by atoms with Crippen LogP contribution < -0.4 is 5.56 Å². The highest BCUT2D eigenvalue weighted by Gasteiger charge is 2.28. The minimum absolute atomic E-state index is 0.0248. The number of rotatable bonds is 3. The van der Waals surface area contributed by atoms with Crippen molar-refractivity contribution in [3.8, 4) is 0 Å². The van der Waals surface area contributed by atoms with Crippen LogP contribution in [-0.2, 0) is 17.8 Å². The lowest BCUT2D eigenvalue weighted by Gasteiger charge is -2.26. The predicted molar refractivity (Wildman–Crippen MR) is 96.3 cm³/mol. The summed E-state index contributed by atoms with van der Waals surface area (Å²) in [5.41, 5.74) is 3.66. The Kier molecular flexibility index (Phi) is 3.84. The highest BCUT2D eigenvalue weighted by atomic mass is 16.2. The van der Waals surface area contributed by atoms with Crippen LogP contribution in [0.3, 0.4) is 0 Å². The van der Waals surface area contributed by atoms with Gasteiger partial charge in [-0.1, -0.05) is 36.4 Å². The van der Waals surface area contributed by atoms with Gasteiger partial charge in [-0.15, -0.1) is 0 Å². The number of para-hydroxylation sites is 2. The number of carbonyl (C=O) groups is 1. The lowest BCUT2D eigenvalue weighted by Crippen LogP contribution is -2.36. The van der Waals surface area contributed by atoms with Crippen molar-refractivity contribution in [2.24, 2.45) is 0 Å². The molecule has 5 heteroatoms. The standard InChI is InChI=1S/C20H19N3O2/c1-22(17-11-10-14-6-2-3-7-15(14)17)20(25)13-23-18-9-5-4-8-16(18)21-12-19(23)24/h2-9,12,17H,10-11,13H2,1H3. The highest BCUT2D eigenvalue weighted by molar-refractivity contribution is 5.80. The van der Waals surface area contributed by atoms with Gasteiger partial charge in [0.1, 0.15) is 6.54 Å². The number of amides is 1. The van der Waals surface area contributed by atoms with Crippen molar-refractivity contribution in [3.63, 3.8) is 0 Å². The molecule has 0 aliphatic heterocycles. The van der Waals surface area contributed by atoms with Crippen LogP contribution in [0.2, 0.25) is 0 Å². The molecule has 1 amide bonds. The fourth-order valence-corrected chi connectivity index (χ4v) is 3.64. The lowest BCUT2D eigenvalue weighted by molar-refractivity contribution is -0.132. The van der Waals surface area contributed by atoms with Crippen LogP contribution in [0.1, 0.15) is 23.6 Å². The zero-order valence-electron chi connectivity index (χ0n) is 14.1. The molecule has 0 saturated carbocycles. The molecule has 3 aromatic rings. The smallest absolute Gasteiger partial charge is 0.269 e. The Balaban J connectivity index is 1.63. The lowest BCUT2D eigenvalue weighted by atomic mass is 10.1. The molecule has 0 N–H and O–H groups in total. The molecule has 4 rings (SSSR count). The number of carbonyl (C=O) groups excluding carboxylic acids is 1. The van der Waals surface area contributed by atoms with Gasteiger partial charge in [-0.2, -0.15) is 0 Å². The van der Waals surface area contributed by atoms with E-state index in [9.17, 15) is 9.59 Å². The van der Waals surface area contributed by atoms with Gasteiger partial charge in [-0.3, -0.25) is 14.2 Å². The van der Waals surface area contributed by atoms with Gasteiger partial charge in [-0.05, 0) is 36.1 Å². The van der Waals surface area contributed by atoms with Crippen LogP contribution in [0.25, 0.3) is 11.0 Å². The van der Waals surface area contributed by atoms with E-state index in [1.165, 1.54) is 21.9 Å². The van der Waals surface area contributed by atoms with Crippen LogP contribution in [-0.4, -0.2) is 27.4 Å². The molecule has 0 fully saturated rings. The normalized spacial score (nSPS) is 16.0. The molecule has 2 aromatic carbocycles. The van der Waals surface area contributed by atoms with Crippen molar-refractivity contribution in [2.75, 3.05) is 7.05 Å². The summed E-state index contributed by atoms with van der Waals surface area (Å²) < 4.78 is 1.50. The SMILES string of the molecule is CN(C(=O)Cn1c(=O)cnc2ccccc21)C1CCc2ccccc21. The average Bonchev–Trinajstić information content (AvgIpc) is 3.07. The summed E-state index contributed by atoms with van der Waals surface area (Å²) in [5, 5.41) is 0. The second-order valence-electron chi connectivity index (χ2n) is 6.43. The predicted octanol–water partition coefficient (Wildman–Crippen LogP) is 2.54. The molecule has 0 bridgehead atoms. The Morgan fingerprint density at radius 3 is 2.84 bits per heavy atom. The van der Waals surface area contributed by atoms with Crippen molar-refractivity contribution in [1.29, 1.82) is 0 Å². The summed E-state index contributed by atoms with van der Waals surface area (Å²) >= 11 is 0. The molecular weight excluding hydrogens is 314 g/mol. The number of benzene rings is 2. The topological polar surface area (TPSA) is 55.2 Å². The van der Waals surface area contributed by atoms with Crippen molar-refractivity contribution in [2.45, 2.75) is 25.4 Å². The first kappa shape index (κ1) is 15.6. The molecule has 5 nitrogen and oxygen atoms in total. The second kappa shape index (κ2) is 6.16. The molecule has 1 atom stereocenters. The molecule has 1 aromatic heterocycles. The van der Waals surface area contributed by atoms with E-state index in [0.717, 1.165) is 12.8 Å². The number of nitrogens with zero attached hydrogens (tertiary/aromatic N) is 3. The Morgan fingerprint density at radius 1 is 1.20 bits per heavy atom. The van der Waals surface area contributed by atoms with Crippen LogP contribution in [0.5, 0.6) is 0 Å². The third-order valence-electron chi connectivity index (χ3n) is 5.01. The number of likely N-dealkylation sites (N-methyl/N-ethyl adjacent to an activating group) is 1. The van der Waals surface area contributed by atoms with E-state index >= 15 is 0 Å². The van der Waals surface area contributed by atoms with Gasteiger partial charge in [0.15, 0.2) is 0 Å². The van der Waals surface area contributed by atoms with Gasteiger partial charge in [0.2, 0.25) is 5.91 Å². The monoisotopic (exact) mass is 333 g/mol. The molecule has 1 aliphatic rings. The van der Waals surface area contributed by atoms with E-state index in [4.69, 9.17) is 0 Å². The molecule has 1 unspecified atom stereocenters. The summed E-state index contributed by atoms with van der Waals surface area (Å²) in [7, 11) is 1.82. The maximum Gasteiger partial charge on any atom is 0.269 e. The summed E-state index contributed by atoms with van der Waals surface area (Å²) in [5.74, 6) is -0.0693. The van der Waals surface area contributed by atoms with E-state index < -0.39 is 0 Å². The van der Waals surface area contributed by atoms with E-state index in [0.29, 0.717) is 11.0 Å². The van der Waals surface area contributed by atoms with E-state index in [-0.39, 0.29) is 24.1 Å². The van der Waals surface area contributed by atoms with Gasteiger partial charge in [0.25, 0.3) is 5.56 Å². The van der Waals surface area contributed by atoms with E-state index in [1.807, 2.05) is 43.4 Å². The Morgan fingerprint density at radius 2 is 1.96 bits per heavy atom. The van der Waals surface area contributed by atoms with Crippen LogP contribution >= 0.6 is 0 Å². The summed E-state index contributed by atoms with van der Waals surface area (Å²) in [4.78, 5) is 31.0. The van der Waals surface area contributed by atoms with Gasteiger partial charge < -0.3 is 4.90 Å². The molecule has 0 saturated heterocycles. The third kappa shape index (κ3) is 2.71. The highest BCUT2D eigenvalue weighted by Crippen LogP contribution is 2.34. The molecule has 0 spiro atoms.